The summed E-state index contributed by atoms with van der Waals surface area (Å²) < 4.78 is 7.51. The fourth-order valence-corrected chi connectivity index (χ4v) is 2.70. The molecular weight excluding hydrogens is 302 g/mol. The zero-order valence-corrected chi connectivity index (χ0v) is 12.7. The maximum atomic E-state index is 12.4. The Balaban J connectivity index is 1.60. The van der Waals surface area contributed by atoms with E-state index in [9.17, 15) is 14.4 Å². The number of aromatic nitrogens is 2. The highest BCUT2D eigenvalue weighted by atomic mass is 16.5. The van der Waals surface area contributed by atoms with Crippen molar-refractivity contribution in [3.8, 4) is 0 Å². The van der Waals surface area contributed by atoms with Gasteiger partial charge in [0.25, 0.3) is 5.91 Å². The molecule has 2 aliphatic heterocycles. The number of urea groups is 1. The molecule has 0 aliphatic carbocycles. The molecule has 0 bridgehead atoms. The van der Waals surface area contributed by atoms with Crippen molar-refractivity contribution in [3.05, 3.63) is 18.5 Å². The first kappa shape index (κ1) is 15.5. The molecule has 124 valence electrons. The molecule has 1 aromatic heterocycles. The second-order valence-electron chi connectivity index (χ2n) is 5.55. The first-order valence-electron chi connectivity index (χ1n) is 7.58. The molecule has 23 heavy (non-hydrogen) atoms. The van der Waals surface area contributed by atoms with Gasteiger partial charge in [-0.2, -0.15) is 5.10 Å². The van der Waals surface area contributed by atoms with Gasteiger partial charge in [0.15, 0.2) is 0 Å². The van der Waals surface area contributed by atoms with Crippen LogP contribution in [0.2, 0.25) is 0 Å². The van der Waals surface area contributed by atoms with Gasteiger partial charge in [-0.3, -0.25) is 19.2 Å². The van der Waals surface area contributed by atoms with Gasteiger partial charge in [-0.15, -0.1) is 0 Å². The van der Waals surface area contributed by atoms with E-state index in [0.717, 1.165) is 11.3 Å². The summed E-state index contributed by atoms with van der Waals surface area (Å²) in [5, 5.41) is 6.55. The van der Waals surface area contributed by atoms with Gasteiger partial charge in [-0.1, -0.05) is 0 Å². The van der Waals surface area contributed by atoms with Crippen LogP contribution in [-0.2, 0) is 20.9 Å². The molecular formula is C14H19N5O4. The van der Waals surface area contributed by atoms with Crippen molar-refractivity contribution < 1.29 is 19.1 Å². The molecule has 9 nitrogen and oxygen atoms in total. The molecule has 2 fully saturated rings. The lowest BCUT2D eigenvalue weighted by atomic mass is 10.3. The molecule has 1 atom stereocenters. The van der Waals surface area contributed by atoms with Crippen molar-refractivity contribution in [3.63, 3.8) is 0 Å². The van der Waals surface area contributed by atoms with Crippen molar-refractivity contribution in [2.24, 2.45) is 0 Å². The van der Waals surface area contributed by atoms with Crippen molar-refractivity contribution >= 4 is 17.8 Å². The zero-order chi connectivity index (χ0) is 16.2. The van der Waals surface area contributed by atoms with Gasteiger partial charge in [-0.05, 0) is 12.5 Å². The van der Waals surface area contributed by atoms with Gasteiger partial charge in [0.1, 0.15) is 6.54 Å². The van der Waals surface area contributed by atoms with Gasteiger partial charge in [0, 0.05) is 32.1 Å². The minimum atomic E-state index is -0.512. The van der Waals surface area contributed by atoms with E-state index in [4.69, 9.17) is 4.74 Å². The van der Waals surface area contributed by atoms with E-state index in [1.54, 1.807) is 15.8 Å². The SMILES string of the molecule is O=C(CN1C(=O)CNC1=O)N1CCCOC(Cn2cccn2)C1. The predicted octanol–water partition coefficient (Wildman–Crippen LogP) is -0.948. The van der Waals surface area contributed by atoms with Crippen LogP contribution in [0.4, 0.5) is 4.79 Å². The number of nitrogens with zero attached hydrogens (tertiary/aromatic N) is 4. The highest BCUT2D eigenvalue weighted by Gasteiger charge is 2.32. The maximum absolute atomic E-state index is 12.4. The lowest BCUT2D eigenvalue weighted by molar-refractivity contribution is -0.137. The summed E-state index contributed by atoms with van der Waals surface area (Å²) in [5.74, 6) is -0.617. The molecule has 9 heteroatoms. The monoisotopic (exact) mass is 321 g/mol. The highest BCUT2D eigenvalue weighted by Crippen LogP contribution is 2.10. The quantitative estimate of drug-likeness (QED) is 0.722. The number of rotatable bonds is 4. The molecule has 0 saturated carbocycles. The average molecular weight is 321 g/mol. The van der Waals surface area contributed by atoms with Gasteiger partial charge < -0.3 is 15.0 Å². The van der Waals surface area contributed by atoms with Crippen LogP contribution < -0.4 is 5.32 Å². The predicted molar refractivity (Wildman–Crippen MR) is 78.3 cm³/mol. The maximum Gasteiger partial charge on any atom is 0.325 e. The van der Waals surface area contributed by atoms with Gasteiger partial charge in [0.2, 0.25) is 5.91 Å². The molecule has 1 N–H and O–H groups in total. The molecule has 1 unspecified atom stereocenters. The van der Waals surface area contributed by atoms with Crippen molar-refractivity contribution in [2.75, 3.05) is 32.8 Å². The normalized spacial score (nSPS) is 22.2. The fourth-order valence-electron chi connectivity index (χ4n) is 2.70. The number of ether oxygens (including phenoxy) is 1. The van der Waals surface area contributed by atoms with E-state index in [0.29, 0.717) is 26.2 Å². The van der Waals surface area contributed by atoms with Gasteiger partial charge in [0.05, 0.1) is 19.2 Å². The number of carbonyl (C=O) groups excluding carboxylic acids is 3. The summed E-state index contributed by atoms with van der Waals surface area (Å²) in [6, 6.07) is 1.32. The summed E-state index contributed by atoms with van der Waals surface area (Å²) in [6.07, 6.45) is 4.09. The number of imide groups is 1. The van der Waals surface area contributed by atoms with Crippen molar-refractivity contribution in [1.29, 1.82) is 0 Å². The molecule has 2 aliphatic rings. The van der Waals surface area contributed by atoms with Crippen molar-refractivity contribution in [2.45, 2.75) is 19.1 Å². The number of amides is 4. The van der Waals surface area contributed by atoms with Crippen LogP contribution in [0.5, 0.6) is 0 Å². The molecule has 1 aromatic rings. The van der Waals surface area contributed by atoms with Crippen LogP contribution in [0.15, 0.2) is 18.5 Å². The zero-order valence-electron chi connectivity index (χ0n) is 12.7. The van der Waals surface area contributed by atoms with Gasteiger partial charge >= 0.3 is 6.03 Å². The van der Waals surface area contributed by atoms with Crippen LogP contribution in [0.1, 0.15) is 6.42 Å². The molecule has 0 spiro atoms. The Morgan fingerprint density at radius 3 is 3.00 bits per heavy atom. The number of nitrogens with one attached hydrogen (secondary N) is 1. The third-order valence-corrected chi connectivity index (χ3v) is 3.88. The van der Waals surface area contributed by atoms with Gasteiger partial charge in [-0.25, -0.2) is 4.79 Å². The Hall–Kier alpha value is -2.42. The molecule has 4 amide bonds. The lowest BCUT2D eigenvalue weighted by Gasteiger charge is -2.25. The standard InChI is InChI=1S/C14H19N5O4/c20-12-7-15-14(22)19(12)10-13(21)17-4-2-6-23-11(8-17)9-18-5-1-3-16-18/h1,3,5,11H,2,4,6-10H2,(H,15,22). The third kappa shape index (κ3) is 3.67. The molecule has 3 rings (SSSR count). The Kier molecular flexibility index (Phi) is 4.56. The first-order valence-corrected chi connectivity index (χ1v) is 7.58. The lowest BCUT2D eigenvalue weighted by Crippen LogP contribution is -2.45. The number of hydrogen-bond donors (Lipinski definition) is 1. The smallest absolute Gasteiger partial charge is 0.325 e. The Labute approximate surface area is 133 Å². The third-order valence-electron chi connectivity index (χ3n) is 3.88. The molecule has 0 aromatic carbocycles. The Morgan fingerprint density at radius 2 is 2.30 bits per heavy atom. The second-order valence-corrected chi connectivity index (χ2v) is 5.55. The van der Waals surface area contributed by atoms with Crippen LogP contribution in [0.25, 0.3) is 0 Å². The summed E-state index contributed by atoms with van der Waals surface area (Å²) in [6.45, 7) is 1.83. The first-order chi connectivity index (χ1) is 11.1. The second kappa shape index (κ2) is 6.78. The van der Waals surface area contributed by atoms with Crippen LogP contribution in [-0.4, -0.2) is 76.3 Å². The average Bonchev–Trinajstić information content (AvgIpc) is 3.06. The number of carbonyl (C=O) groups is 3. The van der Waals surface area contributed by atoms with Crippen LogP contribution >= 0.6 is 0 Å². The summed E-state index contributed by atoms with van der Waals surface area (Å²) in [7, 11) is 0. The summed E-state index contributed by atoms with van der Waals surface area (Å²) >= 11 is 0. The Bertz CT molecular complexity index is 572. The van der Waals surface area contributed by atoms with Crippen LogP contribution in [0.3, 0.4) is 0 Å². The van der Waals surface area contributed by atoms with Crippen LogP contribution in [0, 0.1) is 0 Å². The largest absolute Gasteiger partial charge is 0.374 e. The summed E-state index contributed by atoms with van der Waals surface area (Å²) in [5.41, 5.74) is 0. The number of hydrogen-bond acceptors (Lipinski definition) is 5. The molecule has 0 radical (unpaired) electrons. The van der Waals surface area contributed by atoms with E-state index in [1.807, 2.05) is 12.3 Å². The highest BCUT2D eigenvalue weighted by molar-refractivity contribution is 6.04. The molecule has 3 heterocycles. The summed E-state index contributed by atoms with van der Waals surface area (Å²) in [4.78, 5) is 38.1. The topological polar surface area (TPSA) is 96.8 Å². The van der Waals surface area contributed by atoms with E-state index < -0.39 is 6.03 Å². The van der Waals surface area contributed by atoms with E-state index in [2.05, 4.69) is 10.4 Å². The fraction of sp³-hybridized carbons (Fsp3) is 0.571. The van der Waals surface area contributed by atoms with E-state index in [1.165, 1.54) is 0 Å². The van der Waals surface area contributed by atoms with E-state index >= 15 is 0 Å². The van der Waals surface area contributed by atoms with E-state index in [-0.39, 0.29) is 31.0 Å². The Morgan fingerprint density at radius 1 is 1.43 bits per heavy atom. The molecule has 2 saturated heterocycles. The minimum Gasteiger partial charge on any atom is -0.374 e. The van der Waals surface area contributed by atoms with Crippen molar-refractivity contribution in [1.82, 2.24) is 24.9 Å². The minimum absolute atomic E-state index is 0.0445.